The number of hydrogen-bond donors (Lipinski definition) is 1. The second kappa shape index (κ2) is 6.87. The van der Waals surface area contributed by atoms with Crippen LogP contribution in [-0.2, 0) is 16.5 Å². The van der Waals surface area contributed by atoms with Gasteiger partial charge in [-0.1, -0.05) is 5.92 Å². The summed E-state index contributed by atoms with van der Waals surface area (Å²) in [5.41, 5.74) is 0.241. The average Bonchev–Trinajstić information content (AvgIpc) is 2.88. The van der Waals surface area contributed by atoms with E-state index >= 15 is 0 Å². The zero-order chi connectivity index (χ0) is 19.7. The number of hydrogen-bond acceptors (Lipinski definition) is 2. The molecule has 0 spiro atoms. The van der Waals surface area contributed by atoms with Gasteiger partial charge in [-0.3, -0.25) is 9.48 Å². The van der Waals surface area contributed by atoms with Gasteiger partial charge in [0.15, 0.2) is 0 Å². The first-order valence-electron chi connectivity index (χ1n) is 7.95. The van der Waals surface area contributed by atoms with Gasteiger partial charge in [0, 0.05) is 11.8 Å². The quantitative estimate of drug-likeness (QED) is 0.828. The number of amides is 1. The highest BCUT2D eigenvalue weighted by Crippen LogP contribution is 2.32. The monoisotopic (exact) mass is 363 g/mol. The van der Waals surface area contributed by atoms with Crippen LogP contribution in [0.2, 0.25) is 0 Å². The van der Waals surface area contributed by atoms with Gasteiger partial charge in [-0.15, -0.1) is 5.92 Å². The smallest absolute Gasteiger partial charge is 0.323 e. The fourth-order valence-electron chi connectivity index (χ4n) is 2.28. The molecule has 2 rings (SSSR count). The van der Waals surface area contributed by atoms with Crippen LogP contribution in [0, 0.1) is 25.7 Å². The molecule has 2 aromatic rings. The molecule has 26 heavy (non-hydrogen) atoms. The Morgan fingerprint density at radius 3 is 2.38 bits per heavy atom. The second-order valence-electron chi connectivity index (χ2n) is 6.49. The van der Waals surface area contributed by atoms with E-state index in [1.54, 1.807) is 24.7 Å². The molecule has 0 unspecified atom stereocenters. The van der Waals surface area contributed by atoms with Gasteiger partial charge < -0.3 is 5.32 Å². The normalized spacial score (nSPS) is 11.7. The van der Waals surface area contributed by atoms with Crippen molar-refractivity contribution in [3.8, 4) is 11.8 Å². The molecule has 0 saturated carbocycles. The molecule has 1 heterocycles. The Bertz CT molecular complexity index is 879. The van der Waals surface area contributed by atoms with Gasteiger partial charge >= 0.3 is 6.18 Å². The molecule has 1 aromatic carbocycles. The number of rotatable bonds is 3. The Balaban J connectivity index is 2.37. The van der Waals surface area contributed by atoms with E-state index < -0.39 is 23.2 Å². The molecular weight excluding hydrogens is 343 g/mol. The topological polar surface area (TPSA) is 46.9 Å². The van der Waals surface area contributed by atoms with Crippen molar-refractivity contribution in [3.05, 3.63) is 46.8 Å². The summed E-state index contributed by atoms with van der Waals surface area (Å²) in [5.74, 6) is 4.78. The fraction of sp³-hybridized carbons (Fsp3) is 0.368. The first-order chi connectivity index (χ1) is 12.0. The predicted molar refractivity (Wildman–Crippen MR) is 93.6 cm³/mol. The summed E-state index contributed by atoms with van der Waals surface area (Å²) in [6, 6.07) is 3.07. The van der Waals surface area contributed by atoms with Crippen molar-refractivity contribution in [3.63, 3.8) is 0 Å². The van der Waals surface area contributed by atoms with Crippen LogP contribution in [0.5, 0.6) is 0 Å². The van der Waals surface area contributed by atoms with E-state index in [2.05, 4.69) is 22.3 Å². The van der Waals surface area contributed by atoms with Gasteiger partial charge in [0.1, 0.15) is 5.54 Å². The van der Waals surface area contributed by atoms with Crippen LogP contribution in [0.25, 0.3) is 0 Å². The van der Waals surface area contributed by atoms with Gasteiger partial charge in [0.2, 0.25) is 0 Å². The van der Waals surface area contributed by atoms with Crippen molar-refractivity contribution in [2.45, 2.75) is 46.3 Å². The zero-order valence-corrected chi connectivity index (χ0v) is 15.2. The van der Waals surface area contributed by atoms with E-state index in [-0.39, 0.29) is 11.3 Å². The fourth-order valence-corrected chi connectivity index (χ4v) is 2.28. The van der Waals surface area contributed by atoms with E-state index in [0.717, 1.165) is 23.4 Å². The molecule has 0 aliphatic rings. The van der Waals surface area contributed by atoms with E-state index in [9.17, 15) is 18.0 Å². The van der Waals surface area contributed by atoms with Crippen LogP contribution in [0.15, 0.2) is 24.4 Å². The van der Waals surface area contributed by atoms with Gasteiger partial charge in [0.25, 0.3) is 5.91 Å². The lowest BCUT2D eigenvalue weighted by Crippen LogP contribution is -2.40. The van der Waals surface area contributed by atoms with Crippen molar-refractivity contribution < 1.29 is 18.0 Å². The Labute approximate surface area is 150 Å². The highest BCUT2D eigenvalue weighted by Gasteiger charge is 2.33. The molecule has 138 valence electrons. The molecule has 0 bridgehead atoms. The summed E-state index contributed by atoms with van der Waals surface area (Å²) < 4.78 is 40.3. The van der Waals surface area contributed by atoms with Crippen molar-refractivity contribution in [1.29, 1.82) is 0 Å². The molecule has 1 amide bonds. The third kappa shape index (κ3) is 3.90. The Hall–Kier alpha value is -2.75. The van der Waals surface area contributed by atoms with Crippen LogP contribution in [-0.4, -0.2) is 15.7 Å². The number of nitrogens with one attached hydrogen (secondary N) is 1. The van der Waals surface area contributed by atoms with Crippen LogP contribution < -0.4 is 5.32 Å². The lowest BCUT2D eigenvalue weighted by atomic mass is 10.0. The Morgan fingerprint density at radius 1 is 1.23 bits per heavy atom. The summed E-state index contributed by atoms with van der Waals surface area (Å²) >= 11 is 0. The third-order valence-corrected chi connectivity index (χ3v) is 4.13. The number of anilines is 1. The highest BCUT2D eigenvalue weighted by atomic mass is 19.4. The van der Waals surface area contributed by atoms with Gasteiger partial charge in [-0.05, 0) is 58.4 Å². The van der Waals surface area contributed by atoms with E-state index in [4.69, 9.17) is 0 Å². The van der Waals surface area contributed by atoms with Crippen molar-refractivity contribution >= 4 is 11.6 Å². The van der Waals surface area contributed by atoms with Crippen LogP contribution in [0.4, 0.5) is 18.9 Å². The lowest BCUT2D eigenvalue weighted by molar-refractivity contribution is -0.137. The predicted octanol–water partition coefficient (Wildman–Crippen LogP) is 4.26. The lowest BCUT2D eigenvalue weighted by Gasteiger charge is -2.25. The standard InChI is InChI=1S/C19H20F3N3O/c1-6-7-14-10-15(19(20,21)22)8-9-16(14)23-17(26)18(4,5)25-11-12(2)13(3)24-25/h8-11H,1-5H3,(H,23,26). The number of carbonyl (C=O) groups is 1. The molecule has 7 heteroatoms. The maximum absolute atomic E-state index is 12.9. The minimum Gasteiger partial charge on any atom is -0.323 e. The SMILES string of the molecule is CC#Cc1cc(C(F)(F)F)ccc1NC(=O)C(C)(C)n1cc(C)c(C)n1. The first kappa shape index (κ1) is 19.6. The molecule has 0 radical (unpaired) electrons. The van der Waals surface area contributed by atoms with Crippen molar-refractivity contribution in [2.75, 3.05) is 5.32 Å². The van der Waals surface area contributed by atoms with E-state index in [1.165, 1.54) is 13.0 Å². The molecule has 1 N–H and O–H groups in total. The summed E-state index contributed by atoms with van der Waals surface area (Å²) in [7, 11) is 0. The average molecular weight is 363 g/mol. The summed E-state index contributed by atoms with van der Waals surface area (Å²) in [4.78, 5) is 12.8. The molecule has 0 aliphatic carbocycles. The number of halogens is 3. The number of aromatic nitrogens is 2. The third-order valence-electron chi connectivity index (χ3n) is 4.13. The summed E-state index contributed by atoms with van der Waals surface area (Å²) in [6.45, 7) is 8.61. The highest BCUT2D eigenvalue weighted by molar-refractivity contribution is 5.97. The van der Waals surface area contributed by atoms with Crippen molar-refractivity contribution in [2.24, 2.45) is 0 Å². The Kier molecular flexibility index (Phi) is 5.17. The number of carbonyl (C=O) groups excluding carboxylic acids is 1. The largest absolute Gasteiger partial charge is 0.416 e. The number of benzene rings is 1. The zero-order valence-electron chi connectivity index (χ0n) is 15.2. The van der Waals surface area contributed by atoms with Crippen molar-refractivity contribution in [1.82, 2.24) is 9.78 Å². The summed E-state index contributed by atoms with van der Waals surface area (Å²) in [6.07, 6.45) is -2.72. The number of alkyl halides is 3. The molecule has 1 aromatic heterocycles. The first-order valence-corrected chi connectivity index (χ1v) is 7.95. The van der Waals surface area contributed by atoms with Crippen LogP contribution >= 0.6 is 0 Å². The maximum atomic E-state index is 12.9. The molecule has 0 aliphatic heterocycles. The minimum atomic E-state index is -4.48. The molecule has 0 atom stereocenters. The van der Waals surface area contributed by atoms with E-state index in [1.807, 2.05) is 13.8 Å². The Morgan fingerprint density at radius 2 is 1.88 bits per heavy atom. The number of nitrogens with zero attached hydrogens (tertiary/aromatic N) is 2. The molecular formula is C19H20F3N3O. The molecule has 4 nitrogen and oxygen atoms in total. The summed E-state index contributed by atoms with van der Waals surface area (Å²) in [5, 5.41) is 7.00. The minimum absolute atomic E-state index is 0.110. The maximum Gasteiger partial charge on any atom is 0.416 e. The van der Waals surface area contributed by atoms with Gasteiger partial charge in [0.05, 0.1) is 16.9 Å². The van der Waals surface area contributed by atoms with E-state index in [0.29, 0.717) is 0 Å². The van der Waals surface area contributed by atoms with Crippen LogP contribution in [0.3, 0.4) is 0 Å². The second-order valence-corrected chi connectivity index (χ2v) is 6.49. The number of aryl methyl sites for hydroxylation is 2. The van der Waals surface area contributed by atoms with Gasteiger partial charge in [-0.2, -0.15) is 18.3 Å². The van der Waals surface area contributed by atoms with Gasteiger partial charge in [-0.25, -0.2) is 0 Å². The molecule has 0 fully saturated rings. The van der Waals surface area contributed by atoms with Crippen LogP contribution in [0.1, 0.15) is 43.2 Å². The molecule has 0 saturated heterocycles.